The van der Waals surface area contributed by atoms with Crippen LogP contribution in [0.15, 0.2) is 30.5 Å². The van der Waals surface area contributed by atoms with E-state index in [1.165, 1.54) is 10.8 Å². The Kier molecular flexibility index (Phi) is 7.46. The summed E-state index contributed by atoms with van der Waals surface area (Å²) < 4.78 is 12.5. The highest BCUT2D eigenvalue weighted by Crippen LogP contribution is 2.21. The third kappa shape index (κ3) is 4.98. The van der Waals surface area contributed by atoms with Gasteiger partial charge >= 0.3 is 5.82 Å². The van der Waals surface area contributed by atoms with Gasteiger partial charge in [0.05, 0.1) is 6.61 Å². The number of rotatable bonds is 10. The van der Waals surface area contributed by atoms with Crippen LogP contribution >= 0.6 is 0 Å². The van der Waals surface area contributed by atoms with Crippen molar-refractivity contribution in [1.82, 2.24) is 9.55 Å². The van der Waals surface area contributed by atoms with Gasteiger partial charge in [0, 0.05) is 24.9 Å². The molecule has 0 amide bonds. The van der Waals surface area contributed by atoms with Crippen molar-refractivity contribution in [2.24, 2.45) is 0 Å². The Balaban J connectivity index is 2.17. The molecule has 0 fully saturated rings. The van der Waals surface area contributed by atoms with Crippen LogP contribution in [0.1, 0.15) is 37.1 Å². The summed E-state index contributed by atoms with van der Waals surface area (Å²) in [6.45, 7) is 4.84. The van der Waals surface area contributed by atoms with E-state index < -0.39 is 11.2 Å². The Morgan fingerprint density at radius 3 is 2.42 bits per heavy atom. The van der Waals surface area contributed by atoms with Crippen molar-refractivity contribution in [3.63, 3.8) is 0 Å². The maximum Gasteiger partial charge on any atom is 0.343 e. The first-order valence-corrected chi connectivity index (χ1v) is 8.42. The Bertz CT molecular complexity index is 734. The standard InChI is InChI=1S/C18H23N3O5/c1-3-25-18(26-4-2)15-8-5-14(6-9-15)7-10-16-19-13-17(21(23)24)20(16)11-12-22/h5-10,13,18,22H,3-4,11-12H2,1-2H3/b10-7+. The molecule has 0 aliphatic rings. The Labute approximate surface area is 151 Å². The second-order valence-corrected chi connectivity index (χ2v) is 5.35. The third-order valence-corrected chi connectivity index (χ3v) is 3.65. The lowest BCUT2D eigenvalue weighted by Crippen LogP contribution is -2.08. The summed E-state index contributed by atoms with van der Waals surface area (Å²) in [6, 6.07) is 7.64. The molecule has 2 rings (SSSR count). The number of ether oxygens (including phenoxy) is 2. The molecular formula is C18H23N3O5. The first-order valence-electron chi connectivity index (χ1n) is 8.42. The minimum atomic E-state index is -0.517. The van der Waals surface area contributed by atoms with Crippen molar-refractivity contribution in [2.75, 3.05) is 19.8 Å². The minimum Gasteiger partial charge on any atom is -0.392 e. The fraction of sp³-hybridized carbons (Fsp3) is 0.389. The molecule has 1 aromatic heterocycles. The van der Waals surface area contributed by atoms with E-state index in [2.05, 4.69) is 4.98 Å². The van der Waals surface area contributed by atoms with Gasteiger partial charge in [0.1, 0.15) is 12.7 Å². The molecule has 8 nitrogen and oxygen atoms in total. The summed E-state index contributed by atoms with van der Waals surface area (Å²) >= 11 is 0. The predicted octanol–water partition coefficient (Wildman–Crippen LogP) is 3.03. The summed E-state index contributed by atoms with van der Waals surface area (Å²) in [7, 11) is 0. The van der Waals surface area contributed by atoms with Gasteiger partial charge in [-0.2, -0.15) is 0 Å². The number of hydrogen-bond acceptors (Lipinski definition) is 6. The van der Waals surface area contributed by atoms with Crippen LogP contribution in [0.4, 0.5) is 5.82 Å². The number of aliphatic hydroxyl groups is 1. The van der Waals surface area contributed by atoms with Gasteiger partial charge in [-0.05, 0) is 30.4 Å². The number of aromatic nitrogens is 2. The molecule has 8 heteroatoms. The van der Waals surface area contributed by atoms with Gasteiger partial charge in [-0.3, -0.25) is 0 Å². The van der Waals surface area contributed by atoms with Crippen LogP contribution in [0.2, 0.25) is 0 Å². The largest absolute Gasteiger partial charge is 0.392 e. The van der Waals surface area contributed by atoms with E-state index in [1.54, 1.807) is 12.2 Å². The lowest BCUT2D eigenvalue weighted by molar-refractivity contribution is -0.392. The highest BCUT2D eigenvalue weighted by molar-refractivity contribution is 5.67. The number of nitrogens with zero attached hydrogens (tertiary/aromatic N) is 3. The van der Waals surface area contributed by atoms with Gasteiger partial charge < -0.3 is 24.7 Å². The molecular weight excluding hydrogens is 338 g/mol. The second kappa shape index (κ2) is 9.81. The predicted molar refractivity (Wildman–Crippen MR) is 97.3 cm³/mol. The maximum atomic E-state index is 11.0. The van der Waals surface area contributed by atoms with Gasteiger partial charge in [-0.25, -0.2) is 9.55 Å². The van der Waals surface area contributed by atoms with E-state index >= 15 is 0 Å². The summed E-state index contributed by atoms with van der Waals surface area (Å²) in [5.41, 5.74) is 1.82. The van der Waals surface area contributed by atoms with Gasteiger partial charge in [-0.1, -0.05) is 24.3 Å². The van der Waals surface area contributed by atoms with E-state index in [1.807, 2.05) is 38.1 Å². The molecule has 2 aromatic rings. The fourth-order valence-corrected chi connectivity index (χ4v) is 2.47. The molecule has 1 heterocycles. The van der Waals surface area contributed by atoms with Crippen LogP contribution < -0.4 is 0 Å². The molecule has 1 N–H and O–H groups in total. The molecule has 1 aromatic carbocycles. The molecule has 0 saturated carbocycles. The lowest BCUT2D eigenvalue weighted by Gasteiger charge is -2.17. The molecule has 0 spiro atoms. The van der Waals surface area contributed by atoms with Crippen molar-refractivity contribution < 1.29 is 19.5 Å². The van der Waals surface area contributed by atoms with Crippen LogP contribution in [-0.4, -0.2) is 39.4 Å². The first-order chi connectivity index (χ1) is 12.6. The monoisotopic (exact) mass is 361 g/mol. The number of imidazole rings is 1. The van der Waals surface area contributed by atoms with Gasteiger partial charge in [0.15, 0.2) is 6.29 Å². The number of hydrogen-bond donors (Lipinski definition) is 1. The highest BCUT2D eigenvalue weighted by Gasteiger charge is 2.17. The Morgan fingerprint density at radius 1 is 1.23 bits per heavy atom. The molecule has 0 bridgehead atoms. The van der Waals surface area contributed by atoms with Crippen LogP contribution in [0.5, 0.6) is 0 Å². The zero-order valence-electron chi connectivity index (χ0n) is 14.9. The molecule has 0 saturated heterocycles. The summed E-state index contributed by atoms with van der Waals surface area (Å²) in [4.78, 5) is 14.5. The molecule has 0 aliphatic carbocycles. The normalized spacial score (nSPS) is 11.5. The van der Waals surface area contributed by atoms with Crippen LogP contribution in [0.25, 0.3) is 12.2 Å². The molecule has 26 heavy (non-hydrogen) atoms. The van der Waals surface area contributed by atoms with Crippen molar-refractivity contribution in [1.29, 1.82) is 0 Å². The molecule has 0 radical (unpaired) electrons. The number of benzene rings is 1. The Hall–Kier alpha value is -2.55. The average molecular weight is 361 g/mol. The highest BCUT2D eigenvalue weighted by atomic mass is 16.7. The Morgan fingerprint density at radius 2 is 1.88 bits per heavy atom. The van der Waals surface area contributed by atoms with Crippen molar-refractivity contribution in [2.45, 2.75) is 26.7 Å². The summed E-state index contributed by atoms with van der Waals surface area (Å²) in [6.07, 6.45) is 4.28. The van der Waals surface area contributed by atoms with E-state index in [0.29, 0.717) is 19.0 Å². The van der Waals surface area contributed by atoms with E-state index in [4.69, 9.17) is 14.6 Å². The quantitative estimate of drug-likeness (QED) is 0.397. The van der Waals surface area contributed by atoms with E-state index in [0.717, 1.165) is 11.1 Å². The molecule has 0 atom stereocenters. The number of aliphatic hydroxyl groups excluding tert-OH is 1. The molecule has 0 unspecified atom stereocenters. The van der Waals surface area contributed by atoms with Crippen LogP contribution in [0.3, 0.4) is 0 Å². The van der Waals surface area contributed by atoms with Gasteiger partial charge in [0.25, 0.3) is 0 Å². The summed E-state index contributed by atoms with van der Waals surface area (Å²) in [5, 5.41) is 20.1. The number of nitro groups is 1. The lowest BCUT2D eigenvalue weighted by atomic mass is 10.1. The van der Waals surface area contributed by atoms with Gasteiger partial charge in [-0.15, -0.1) is 0 Å². The van der Waals surface area contributed by atoms with E-state index in [9.17, 15) is 10.1 Å². The molecule has 0 aliphatic heterocycles. The van der Waals surface area contributed by atoms with Crippen molar-refractivity contribution >= 4 is 18.0 Å². The third-order valence-electron chi connectivity index (χ3n) is 3.65. The topological polar surface area (TPSA) is 99.6 Å². The average Bonchev–Trinajstić information content (AvgIpc) is 3.04. The minimum absolute atomic E-state index is 0.110. The smallest absolute Gasteiger partial charge is 0.343 e. The first kappa shape index (κ1) is 19.8. The second-order valence-electron chi connectivity index (χ2n) is 5.35. The summed E-state index contributed by atoms with van der Waals surface area (Å²) in [5.74, 6) is 0.265. The zero-order valence-corrected chi connectivity index (χ0v) is 14.9. The van der Waals surface area contributed by atoms with Crippen LogP contribution in [-0.2, 0) is 16.0 Å². The SMILES string of the molecule is CCOC(OCC)c1ccc(/C=C/c2ncc([N+](=O)[O-])n2CCO)cc1. The van der Waals surface area contributed by atoms with Crippen molar-refractivity contribution in [3.05, 3.63) is 57.5 Å². The van der Waals surface area contributed by atoms with Gasteiger partial charge in [0.2, 0.25) is 5.82 Å². The van der Waals surface area contributed by atoms with E-state index in [-0.39, 0.29) is 19.0 Å². The van der Waals surface area contributed by atoms with Crippen LogP contribution in [0, 0.1) is 10.1 Å². The maximum absolute atomic E-state index is 11.0. The zero-order chi connectivity index (χ0) is 18.9. The fourth-order valence-electron chi connectivity index (χ4n) is 2.47. The molecule has 140 valence electrons. The van der Waals surface area contributed by atoms with Crippen molar-refractivity contribution in [3.8, 4) is 0 Å².